The minimum absolute atomic E-state index is 0.00385. The highest BCUT2D eigenvalue weighted by Crippen LogP contribution is 2.39. The van der Waals surface area contributed by atoms with Crippen molar-refractivity contribution in [3.63, 3.8) is 0 Å². The van der Waals surface area contributed by atoms with Gasteiger partial charge in [0, 0.05) is 17.5 Å². The van der Waals surface area contributed by atoms with Crippen LogP contribution in [0.3, 0.4) is 0 Å². The summed E-state index contributed by atoms with van der Waals surface area (Å²) in [7, 11) is 0. The van der Waals surface area contributed by atoms with Crippen LogP contribution in [-0.4, -0.2) is 10.6 Å². The van der Waals surface area contributed by atoms with E-state index in [0.717, 1.165) is 12.0 Å². The van der Waals surface area contributed by atoms with Crippen LogP contribution in [0.15, 0.2) is 23.0 Å². The summed E-state index contributed by atoms with van der Waals surface area (Å²) in [5, 5.41) is 0.00385. The second kappa shape index (κ2) is 4.26. The van der Waals surface area contributed by atoms with Gasteiger partial charge >= 0.3 is 6.18 Å². The molecule has 0 saturated heterocycles. The Balaban J connectivity index is 2.28. The van der Waals surface area contributed by atoms with E-state index in [2.05, 4.69) is 4.98 Å². The van der Waals surface area contributed by atoms with Crippen molar-refractivity contribution in [1.82, 2.24) is 4.98 Å². The Morgan fingerprint density at radius 3 is 2.62 bits per heavy atom. The van der Waals surface area contributed by atoms with Crippen LogP contribution in [0.4, 0.5) is 13.2 Å². The van der Waals surface area contributed by atoms with Gasteiger partial charge in [-0.3, -0.25) is 4.79 Å². The average Bonchev–Trinajstić information content (AvgIpc) is 2.33. The average molecular weight is 297 g/mol. The maximum Gasteiger partial charge on any atom is 0.417 e. The number of benzene rings is 1. The number of alkyl halides is 3. The van der Waals surface area contributed by atoms with E-state index in [9.17, 15) is 18.0 Å². The standard InChI is InChI=1S/C15H14F3NO2/c1-14(2)4-3-8-5-9-10(15(16,17)18)6-13(20)19-11(9)7-12(8)21-14/h5-7H,3-4H2,1-2H3,(H,19,20). The van der Waals surface area contributed by atoms with Crippen LogP contribution in [0, 0.1) is 0 Å². The molecule has 0 saturated carbocycles. The van der Waals surface area contributed by atoms with E-state index in [-0.39, 0.29) is 16.5 Å². The molecule has 112 valence electrons. The van der Waals surface area contributed by atoms with Crippen molar-refractivity contribution in [3.8, 4) is 5.75 Å². The molecule has 21 heavy (non-hydrogen) atoms. The van der Waals surface area contributed by atoms with Gasteiger partial charge in [-0.15, -0.1) is 0 Å². The predicted octanol–water partition coefficient (Wildman–Crippen LogP) is 3.65. The molecule has 1 aliphatic rings. The van der Waals surface area contributed by atoms with E-state index in [1.165, 1.54) is 12.1 Å². The number of rotatable bonds is 0. The fourth-order valence-corrected chi connectivity index (χ4v) is 2.64. The molecule has 0 aliphatic carbocycles. The predicted molar refractivity (Wildman–Crippen MR) is 72.6 cm³/mol. The number of nitrogens with one attached hydrogen (secondary N) is 1. The maximum atomic E-state index is 13.1. The first kappa shape index (κ1) is 14.0. The van der Waals surface area contributed by atoms with E-state index >= 15 is 0 Å². The van der Waals surface area contributed by atoms with E-state index in [1.54, 1.807) is 0 Å². The Morgan fingerprint density at radius 2 is 1.95 bits per heavy atom. The van der Waals surface area contributed by atoms with E-state index < -0.39 is 17.3 Å². The Labute approximate surface area is 118 Å². The summed E-state index contributed by atoms with van der Waals surface area (Å²) in [4.78, 5) is 13.9. The molecule has 0 amide bonds. The zero-order chi connectivity index (χ0) is 15.4. The molecule has 0 spiro atoms. The molecular weight excluding hydrogens is 283 g/mol. The third kappa shape index (κ3) is 2.50. The van der Waals surface area contributed by atoms with Crippen molar-refractivity contribution < 1.29 is 17.9 Å². The van der Waals surface area contributed by atoms with Gasteiger partial charge in [-0.05, 0) is 38.3 Å². The fraction of sp³-hybridized carbons (Fsp3) is 0.400. The number of H-pyrrole nitrogens is 1. The molecule has 0 bridgehead atoms. The lowest BCUT2D eigenvalue weighted by atomic mass is 9.92. The minimum Gasteiger partial charge on any atom is -0.487 e. The van der Waals surface area contributed by atoms with Crippen LogP contribution >= 0.6 is 0 Å². The lowest BCUT2D eigenvalue weighted by Crippen LogP contribution is -2.32. The Bertz CT molecular complexity index is 775. The molecule has 1 aromatic heterocycles. The largest absolute Gasteiger partial charge is 0.487 e. The number of aromatic amines is 1. The summed E-state index contributed by atoms with van der Waals surface area (Å²) in [6.45, 7) is 3.85. The van der Waals surface area contributed by atoms with Gasteiger partial charge in [-0.1, -0.05) is 0 Å². The first-order chi connectivity index (χ1) is 9.66. The van der Waals surface area contributed by atoms with Gasteiger partial charge in [0.25, 0.3) is 0 Å². The zero-order valence-electron chi connectivity index (χ0n) is 11.6. The number of pyridine rings is 1. The normalized spacial score (nSPS) is 17.4. The van der Waals surface area contributed by atoms with Gasteiger partial charge in [0.15, 0.2) is 0 Å². The van der Waals surface area contributed by atoms with Crippen LogP contribution < -0.4 is 10.3 Å². The number of aryl methyl sites for hydroxylation is 1. The molecule has 0 unspecified atom stereocenters. The molecule has 3 rings (SSSR count). The van der Waals surface area contributed by atoms with Gasteiger partial charge in [-0.25, -0.2) is 0 Å². The van der Waals surface area contributed by atoms with E-state index in [1.807, 2.05) is 13.8 Å². The third-order valence-corrected chi connectivity index (χ3v) is 3.71. The number of ether oxygens (including phenoxy) is 1. The summed E-state index contributed by atoms with van der Waals surface area (Å²) in [6, 6.07) is 3.56. The van der Waals surface area contributed by atoms with Crippen LogP contribution in [0.25, 0.3) is 10.9 Å². The zero-order valence-corrected chi connectivity index (χ0v) is 11.6. The second-order valence-electron chi connectivity index (χ2n) is 5.91. The highest BCUT2D eigenvalue weighted by molar-refractivity contribution is 5.85. The van der Waals surface area contributed by atoms with Crippen molar-refractivity contribution in [3.05, 3.63) is 39.7 Å². The number of hydrogen-bond donors (Lipinski definition) is 1. The first-order valence-electron chi connectivity index (χ1n) is 6.62. The monoisotopic (exact) mass is 297 g/mol. The van der Waals surface area contributed by atoms with Crippen molar-refractivity contribution >= 4 is 10.9 Å². The Morgan fingerprint density at radius 1 is 1.24 bits per heavy atom. The van der Waals surface area contributed by atoms with Crippen LogP contribution in [0.5, 0.6) is 5.75 Å². The quantitative estimate of drug-likeness (QED) is 0.806. The Hall–Kier alpha value is -1.98. The molecule has 6 heteroatoms. The molecule has 1 aliphatic heterocycles. The first-order valence-corrected chi connectivity index (χ1v) is 6.62. The Kier molecular flexibility index (Phi) is 2.83. The fourth-order valence-electron chi connectivity index (χ4n) is 2.64. The van der Waals surface area contributed by atoms with E-state index in [0.29, 0.717) is 18.2 Å². The van der Waals surface area contributed by atoms with Gasteiger partial charge in [0.1, 0.15) is 11.4 Å². The third-order valence-electron chi connectivity index (χ3n) is 3.71. The molecule has 0 atom stereocenters. The number of aromatic nitrogens is 1. The molecule has 3 nitrogen and oxygen atoms in total. The van der Waals surface area contributed by atoms with Crippen molar-refractivity contribution in [2.24, 2.45) is 0 Å². The van der Waals surface area contributed by atoms with Crippen molar-refractivity contribution in [2.45, 2.75) is 38.5 Å². The molecule has 0 radical (unpaired) electrons. The highest BCUT2D eigenvalue weighted by Gasteiger charge is 2.34. The van der Waals surface area contributed by atoms with Crippen molar-refractivity contribution in [2.75, 3.05) is 0 Å². The molecular formula is C15H14F3NO2. The van der Waals surface area contributed by atoms with Gasteiger partial charge in [-0.2, -0.15) is 13.2 Å². The van der Waals surface area contributed by atoms with Gasteiger partial charge in [0.05, 0.1) is 11.1 Å². The lowest BCUT2D eigenvalue weighted by molar-refractivity contribution is -0.136. The number of fused-ring (bicyclic) bond motifs is 2. The molecule has 2 aromatic rings. The molecule has 0 fully saturated rings. The molecule has 2 heterocycles. The van der Waals surface area contributed by atoms with E-state index in [4.69, 9.17) is 4.74 Å². The summed E-state index contributed by atoms with van der Waals surface area (Å²) in [5.74, 6) is 0.536. The van der Waals surface area contributed by atoms with Crippen molar-refractivity contribution in [1.29, 1.82) is 0 Å². The van der Waals surface area contributed by atoms with Crippen LogP contribution in [0.1, 0.15) is 31.4 Å². The van der Waals surface area contributed by atoms with Gasteiger partial charge < -0.3 is 9.72 Å². The smallest absolute Gasteiger partial charge is 0.417 e. The second-order valence-corrected chi connectivity index (χ2v) is 5.91. The maximum absolute atomic E-state index is 13.1. The SMILES string of the molecule is CC1(C)CCc2cc3c(C(F)(F)F)cc(=O)[nH]c3cc2O1. The number of halogens is 3. The highest BCUT2D eigenvalue weighted by atomic mass is 19.4. The number of hydrogen-bond acceptors (Lipinski definition) is 2. The van der Waals surface area contributed by atoms with Crippen LogP contribution in [-0.2, 0) is 12.6 Å². The summed E-state index contributed by atoms with van der Waals surface area (Å²) >= 11 is 0. The minimum atomic E-state index is -4.56. The summed E-state index contributed by atoms with van der Waals surface area (Å²) in [5.41, 5.74) is -1.16. The molecule has 1 N–H and O–H groups in total. The topological polar surface area (TPSA) is 42.1 Å². The lowest BCUT2D eigenvalue weighted by Gasteiger charge is -2.32. The molecule has 1 aromatic carbocycles. The summed E-state index contributed by atoms with van der Waals surface area (Å²) < 4.78 is 45.0. The summed E-state index contributed by atoms with van der Waals surface area (Å²) in [6.07, 6.45) is -3.18. The van der Waals surface area contributed by atoms with Gasteiger partial charge in [0.2, 0.25) is 5.56 Å². The van der Waals surface area contributed by atoms with Crippen LogP contribution in [0.2, 0.25) is 0 Å².